The highest BCUT2D eigenvalue weighted by atomic mass is 35.5. The lowest BCUT2D eigenvalue weighted by Gasteiger charge is -2.26. The van der Waals surface area contributed by atoms with Crippen LogP contribution in [0.1, 0.15) is 53.5 Å². The maximum absolute atomic E-state index is 13.6. The second kappa shape index (κ2) is 10.2. The highest BCUT2D eigenvalue weighted by Gasteiger charge is 2.42. The Bertz CT molecular complexity index is 1350. The van der Waals surface area contributed by atoms with Gasteiger partial charge in [0.25, 0.3) is 5.91 Å². The minimum atomic E-state index is -0.369. The lowest BCUT2D eigenvalue weighted by Crippen LogP contribution is -2.29. The van der Waals surface area contributed by atoms with E-state index in [9.17, 15) is 9.18 Å². The fraction of sp³-hybridized carbons (Fsp3) is 0.241. The third-order valence-electron chi connectivity index (χ3n) is 6.41. The summed E-state index contributed by atoms with van der Waals surface area (Å²) in [6.45, 7) is 5.32. The molecule has 0 radical (unpaired) electrons. The summed E-state index contributed by atoms with van der Waals surface area (Å²) in [5.41, 5.74) is 4.64. The minimum Gasteiger partial charge on any atom is -0.494 e. The molecule has 1 aliphatic rings. The van der Waals surface area contributed by atoms with Crippen LogP contribution in [0, 0.1) is 11.7 Å². The molecule has 0 bridgehead atoms. The highest BCUT2D eigenvalue weighted by Crippen LogP contribution is 2.43. The van der Waals surface area contributed by atoms with Crippen LogP contribution in [0.2, 0.25) is 5.02 Å². The number of nitrogens with zero attached hydrogens (tertiary/aromatic N) is 2. The topological polar surface area (TPSA) is 58.2 Å². The van der Waals surface area contributed by atoms with Gasteiger partial charge in [-0.25, -0.2) is 4.39 Å². The fourth-order valence-corrected chi connectivity index (χ4v) is 4.61. The molecule has 0 spiro atoms. The highest BCUT2D eigenvalue weighted by molar-refractivity contribution is 6.30. The number of fused-ring (bicyclic) bond motifs is 1. The van der Waals surface area contributed by atoms with E-state index in [4.69, 9.17) is 16.3 Å². The van der Waals surface area contributed by atoms with Gasteiger partial charge in [-0.1, -0.05) is 61.8 Å². The first-order valence-corrected chi connectivity index (χ1v) is 12.4. The third-order valence-corrected chi connectivity index (χ3v) is 6.66. The van der Waals surface area contributed by atoms with Crippen molar-refractivity contribution in [2.75, 3.05) is 6.61 Å². The van der Waals surface area contributed by atoms with Gasteiger partial charge in [0, 0.05) is 22.7 Å². The maximum Gasteiger partial charge on any atom is 0.273 e. The summed E-state index contributed by atoms with van der Waals surface area (Å²) in [6.07, 6.45) is 0.979. The van der Waals surface area contributed by atoms with Crippen molar-refractivity contribution in [3.05, 3.63) is 106 Å². The molecular weight excluding hydrogens is 477 g/mol. The van der Waals surface area contributed by atoms with Gasteiger partial charge < -0.3 is 9.64 Å². The minimum absolute atomic E-state index is 0.149. The van der Waals surface area contributed by atoms with Crippen LogP contribution in [0.5, 0.6) is 5.75 Å². The molecule has 1 aliphatic heterocycles. The number of H-pyrrole nitrogens is 1. The summed E-state index contributed by atoms with van der Waals surface area (Å²) in [4.78, 5) is 15.4. The van der Waals surface area contributed by atoms with E-state index in [1.54, 1.807) is 17.0 Å². The van der Waals surface area contributed by atoms with Crippen molar-refractivity contribution < 1.29 is 13.9 Å². The molecule has 1 unspecified atom stereocenters. The zero-order chi connectivity index (χ0) is 25.2. The van der Waals surface area contributed by atoms with Crippen molar-refractivity contribution >= 4 is 17.5 Å². The van der Waals surface area contributed by atoms with Gasteiger partial charge in [-0.05, 0) is 59.9 Å². The van der Waals surface area contributed by atoms with Gasteiger partial charge in [0.05, 0.1) is 18.3 Å². The molecule has 4 aromatic rings. The predicted octanol–water partition coefficient (Wildman–Crippen LogP) is 7.04. The molecule has 1 atom stereocenters. The molecule has 2 heterocycles. The van der Waals surface area contributed by atoms with Crippen LogP contribution in [0.4, 0.5) is 4.39 Å². The van der Waals surface area contributed by atoms with Crippen LogP contribution in [0.25, 0.3) is 11.3 Å². The number of halogens is 2. The van der Waals surface area contributed by atoms with Gasteiger partial charge in [0.2, 0.25) is 0 Å². The van der Waals surface area contributed by atoms with E-state index < -0.39 is 0 Å². The summed E-state index contributed by atoms with van der Waals surface area (Å²) in [7, 11) is 0. The lowest BCUT2D eigenvalue weighted by atomic mass is 9.96. The van der Waals surface area contributed by atoms with Crippen LogP contribution in [-0.4, -0.2) is 27.6 Å². The molecule has 36 heavy (non-hydrogen) atoms. The molecule has 5 rings (SSSR count). The molecule has 0 aliphatic carbocycles. The van der Waals surface area contributed by atoms with Crippen LogP contribution in [-0.2, 0) is 6.54 Å². The smallest absolute Gasteiger partial charge is 0.273 e. The first-order chi connectivity index (χ1) is 17.4. The number of ether oxygens (including phenoxy) is 1. The van der Waals surface area contributed by atoms with Crippen molar-refractivity contribution in [3.63, 3.8) is 0 Å². The molecule has 1 amide bonds. The van der Waals surface area contributed by atoms with Crippen LogP contribution in [0.3, 0.4) is 0 Å². The number of carbonyl (C=O) groups is 1. The number of rotatable bonds is 8. The molecule has 0 saturated carbocycles. The van der Waals surface area contributed by atoms with Crippen molar-refractivity contribution in [3.8, 4) is 17.0 Å². The number of nitrogens with one attached hydrogen (secondary N) is 1. The Balaban J connectivity index is 1.52. The Kier molecular flexibility index (Phi) is 6.79. The number of carbonyl (C=O) groups excluding carboxylic acids is 1. The largest absolute Gasteiger partial charge is 0.494 e. The average molecular weight is 504 g/mol. The Morgan fingerprint density at radius 3 is 2.39 bits per heavy atom. The quantitative estimate of drug-likeness (QED) is 0.280. The van der Waals surface area contributed by atoms with Gasteiger partial charge in [-0.2, -0.15) is 5.10 Å². The van der Waals surface area contributed by atoms with Gasteiger partial charge in [-0.3, -0.25) is 9.89 Å². The Morgan fingerprint density at radius 1 is 1.03 bits per heavy atom. The third kappa shape index (κ3) is 4.86. The first kappa shape index (κ1) is 24.1. The predicted molar refractivity (Wildman–Crippen MR) is 139 cm³/mol. The second-order valence-electron chi connectivity index (χ2n) is 9.43. The first-order valence-electron chi connectivity index (χ1n) is 12.0. The number of amides is 1. The second-order valence-corrected chi connectivity index (χ2v) is 9.87. The van der Waals surface area contributed by atoms with Gasteiger partial charge in [0.1, 0.15) is 17.3 Å². The van der Waals surface area contributed by atoms with E-state index in [0.29, 0.717) is 35.5 Å². The number of aromatic amines is 1. The van der Waals surface area contributed by atoms with Crippen molar-refractivity contribution in [1.29, 1.82) is 0 Å². The number of hydrogen-bond donors (Lipinski definition) is 1. The molecule has 0 fully saturated rings. The number of hydrogen-bond acceptors (Lipinski definition) is 3. The monoisotopic (exact) mass is 503 g/mol. The summed E-state index contributed by atoms with van der Waals surface area (Å²) in [5.74, 6) is 0.901. The van der Waals surface area contributed by atoms with Crippen molar-refractivity contribution in [2.24, 2.45) is 5.92 Å². The Morgan fingerprint density at radius 2 is 1.72 bits per heavy atom. The zero-order valence-corrected chi connectivity index (χ0v) is 20.9. The van der Waals surface area contributed by atoms with Crippen LogP contribution >= 0.6 is 11.6 Å². The summed E-state index contributed by atoms with van der Waals surface area (Å²) in [6, 6.07) is 21.1. The fourth-order valence-electron chi connectivity index (χ4n) is 4.48. The lowest BCUT2D eigenvalue weighted by molar-refractivity contribution is 0.0730. The average Bonchev–Trinajstić information content (AvgIpc) is 3.40. The van der Waals surface area contributed by atoms with Crippen LogP contribution < -0.4 is 4.74 Å². The van der Waals surface area contributed by atoms with Crippen LogP contribution in [0.15, 0.2) is 72.8 Å². The normalized spacial score (nSPS) is 15.0. The number of benzene rings is 3. The molecule has 5 nitrogen and oxygen atoms in total. The van der Waals surface area contributed by atoms with E-state index in [1.807, 2.05) is 48.5 Å². The molecule has 0 saturated heterocycles. The standard InChI is InChI=1S/C29H27ClFN3O2/c1-18(2)15-16-36-24-13-7-21(8-14-24)28-25-26(20-5-9-22(30)10-6-20)32-33-27(25)29(35)34(28)17-19-3-11-23(31)12-4-19/h3-14,18,28H,15-17H2,1-2H3,(H,32,33). The molecule has 1 aromatic heterocycles. The van der Waals surface area contributed by atoms with Gasteiger partial charge in [-0.15, -0.1) is 0 Å². The molecular formula is C29H27ClFN3O2. The molecule has 7 heteroatoms. The molecule has 1 N–H and O–H groups in total. The number of aromatic nitrogens is 2. The van der Waals surface area contributed by atoms with E-state index >= 15 is 0 Å². The molecule has 184 valence electrons. The zero-order valence-electron chi connectivity index (χ0n) is 20.2. The summed E-state index contributed by atoms with van der Waals surface area (Å²) < 4.78 is 19.4. The van der Waals surface area contributed by atoms with Crippen molar-refractivity contribution in [1.82, 2.24) is 15.1 Å². The SMILES string of the molecule is CC(C)CCOc1ccc(C2c3c(-c4ccc(Cl)cc4)n[nH]c3C(=O)N2Cc2ccc(F)cc2)cc1. The van der Waals surface area contributed by atoms with Gasteiger partial charge in [0.15, 0.2) is 0 Å². The summed E-state index contributed by atoms with van der Waals surface area (Å²) in [5, 5.41) is 8.10. The van der Waals surface area contributed by atoms with E-state index in [0.717, 1.165) is 34.4 Å². The van der Waals surface area contributed by atoms with Gasteiger partial charge >= 0.3 is 0 Å². The Labute approximate surface area is 214 Å². The summed E-state index contributed by atoms with van der Waals surface area (Å²) >= 11 is 6.10. The van der Waals surface area contributed by atoms with Crippen molar-refractivity contribution in [2.45, 2.75) is 32.9 Å². The van der Waals surface area contributed by atoms with E-state index in [2.05, 4.69) is 24.0 Å². The Hall–Kier alpha value is -3.64. The van der Waals surface area contributed by atoms with E-state index in [1.165, 1.54) is 12.1 Å². The molecule has 3 aromatic carbocycles. The maximum atomic E-state index is 13.6. The van der Waals surface area contributed by atoms with E-state index in [-0.39, 0.29) is 17.8 Å².